The first-order valence-corrected chi connectivity index (χ1v) is 3.86. The van der Waals surface area contributed by atoms with Crippen molar-refractivity contribution in [2.24, 2.45) is 5.84 Å². The first-order chi connectivity index (χ1) is 5.80. The van der Waals surface area contributed by atoms with Gasteiger partial charge in [0.2, 0.25) is 0 Å². The Kier molecular flexibility index (Phi) is 2.82. The topological polar surface area (TPSA) is 55.1 Å². The number of carbonyl (C=O) groups is 1. The predicted molar refractivity (Wildman–Crippen MR) is 49.0 cm³/mol. The largest absolute Gasteiger partial charge is 0.324 e. The Bertz CT molecular complexity index is 262. The first-order valence-electron chi connectivity index (χ1n) is 3.86. The molecule has 3 heteroatoms. The van der Waals surface area contributed by atoms with Crippen LogP contribution < -0.4 is 11.3 Å². The molecule has 3 N–H and O–H groups in total. The summed E-state index contributed by atoms with van der Waals surface area (Å²) in [6.07, 6.45) is 1.72. The molecule has 0 atom stereocenters. The number of hydrazine groups is 1. The van der Waals surface area contributed by atoms with Gasteiger partial charge in [0, 0.05) is 11.3 Å². The van der Waals surface area contributed by atoms with Crippen LogP contribution in [0.3, 0.4) is 0 Å². The highest BCUT2D eigenvalue weighted by Crippen LogP contribution is 2.12. The van der Waals surface area contributed by atoms with Crippen LogP contribution in [0.5, 0.6) is 0 Å². The molecule has 0 aliphatic heterocycles. The van der Waals surface area contributed by atoms with Gasteiger partial charge in [0.1, 0.15) is 6.29 Å². The lowest BCUT2D eigenvalue weighted by Gasteiger charge is -2.03. The number of nitrogens with one attached hydrogen (secondary N) is 1. The summed E-state index contributed by atoms with van der Waals surface area (Å²) in [7, 11) is 0. The van der Waals surface area contributed by atoms with E-state index < -0.39 is 0 Å². The van der Waals surface area contributed by atoms with E-state index >= 15 is 0 Å². The van der Waals surface area contributed by atoms with Crippen molar-refractivity contribution < 1.29 is 4.79 Å². The molecule has 1 aromatic carbocycles. The summed E-state index contributed by atoms with van der Waals surface area (Å²) in [6, 6.07) is 5.49. The zero-order valence-electron chi connectivity index (χ0n) is 7.00. The maximum absolute atomic E-state index is 10.5. The minimum Gasteiger partial charge on any atom is -0.324 e. The molecule has 0 spiro atoms. The van der Waals surface area contributed by atoms with E-state index in [1.54, 1.807) is 6.07 Å². The smallest absolute Gasteiger partial charge is 0.150 e. The van der Waals surface area contributed by atoms with Crippen LogP contribution in [-0.4, -0.2) is 6.29 Å². The standard InChI is InChI=1S/C9H12N2O/c1-2-7-3-8(6-12)5-9(4-7)11-10/h3-6,11H,2,10H2,1H3. The van der Waals surface area contributed by atoms with Crippen LogP contribution >= 0.6 is 0 Å². The van der Waals surface area contributed by atoms with Gasteiger partial charge in [-0.25, -0.2) is 0 Å². The minimum absolute atomic E-state index is 0.655. The molecule has 0 fully saturated rings. The summed E-state index contributed by atoms with van der Waals surface area (Å²) >= 11 is 0. The molecule has 64 valence electrons. The van der Waals surface area contributed by atoms with Gasteiger partial charge >= 0.3 is 0 Å². The molecule has 0 amide bonds. The van der Waals surface area contributed by atoms with Crippen LogP contribution in [0.2, 0.25) is 0 Å². The normalized spacial score (nSPS) is 9.50. The molecular formula is C9H12N2O. The van der Waals surface area contributed by atoms with Crippen molar-refractivity contribution in [1.29, 1.82) is 0 Å². The van der Waals surface area contributed by atoms with Crippen LogP contribution in [0.15, 0.2) is 18.2 Å². The highest BCUT2D eigenvalue weighted by Gasteiger charge is 1.97. The lowest BCUT2D eigenvalue weighted by molar-refractivity contribution is 0.112. The third kappa shape index (κ3) is 1.83. The highest BCUT2D eigenvalue weighted by atomic mass is 16.1. The van der Waals surface area contributed by atoms with Crippen molar-refractivity contribution in [3.63, 3.8) is 0 Å². The zero-order chi connectivity index (χ0) is 8.97. The van der Waals surface area contributed by atoms with Gasteiger partial charge in [-0.05, 0) is 30.2 Å². The van der Waals surface area contributed by atoms with Crippen molar-refractivity contribution >= 4 is 12.0 Å². The number of nitrogen functional groups attached to an aromatic ring is 1. The molecule has 0 unspecified atom stereocenters. The summed E-state index contributed by atoms with van der Waals surface area (Å²) in [5.74, 6) is 5.23. The molecule has 0 saturated heterocycles. The van der Waals surface area contributed by atoms with Gasteiger partial charge in [-0.15, -0.1) is 0 Å². The van der Waals surface area contributed by atoms with E-state index in [9.17, 15) is 4.79 Å². The van der Waals surface area contributed by atoms with Crippen LogP contribution in [-0.2, 0) is 6.42 Å². The predicted octanol–water partition coefficient (Wildman–Crippen LogP) is 1.35. The number of benzene rings is 1. The monoisotopic (exact) mass is 164 g/mol. The average Bonchev–Trinajstić information content (AvgIpc) is 2.16. The van der Waals surface area contributed by atoms with Crippen LogP contribution in [0.4, 0.5) is 5.69 Å². The minimum atomic E-state index is 0.655. The second-order valence-electron chi connectivity index (χ2n) is 2.58. The number of hydrogen-bond acceptors (Lipinski definition) is 3. The third-order valence-corrected chi connectivity index (χ3v) is 1.73. The quantitative estimate of drug-likeness (QED) is 0.403. The molecule has 1 aromatic rings. The lowest BCUT2D eigenvalue weighted by atomic mass is 10.1. The first kappa shape index (κ1) is 8.74. The number of anilines is 1. The molecule has 0 aliphatic rings. The molecule has 0 heterocycles. The number of aryl methyl sites for hydroxylation is 1. The Morgan fingerprint density at radius 3 is 2.75 bits per heavy atom. The lowest BCUT2D eigenvalue weighted by Crippen LogP contribution is -2.07. The van der Waals surface area contributed by atoms with Crippen LogP contribution in [0.1, 0.15) is 22.8 Å². The van der Waals surface area contributed by atoms with Crippen LogP contribution in [0.25, 0.3) is 0 Å². The zero-order valence-corrected chi connectivity index (χ0v) is 7.00. The van der Waals surface area contributed by atoms with E-state index in [0.29, 0.717) is 5.56 Å². The Morgan fingerprint density at radius 2 is 2.25 bits per heavy atom. The molecule has 0 aromatic heterocycles. The number of aldehydes is 1. The van der Waals surface area contributed by atoms with E-state index in [1.807, 2.05) is 19.1 Å². The van der Waals surface area contributed by atoms with E-state index in [-0.39, 0.29) is 0 Å². The molecular weight excluding hydrogens is 152 g/mol. The highest BCUT2D eigenvalue weighted by molar-refractivity contribution is 5.77. The number of carbonyl (C=O) groups excluding carboxylic acids is 1. The van der Waals surface area contributed by atoms with Gasteiger partial charge in [-0.3, -0.25) is 10.6 Å². The molecule has 0 radical (unpaired) electrons. The summed E-state index contributed by atoms with van der Waals surface area (Å²) in [5.41, 5.74) is 5.05. The SMILES string of the molecule is CCc1cc(C=O)cc(NN)c1. The fourth-order valence-electron chi connectivity index (χ4n) is 1.07. The van der Waals surface area contributed by atoms with Gasteiger partial charge in [0.05, 0.1) is 0 Å². The summed E-state index contributed by atoms with van der Waals surface area (Å²) < 4.78 is 0. The van der Waals surface area contributed by atoms with E-state index in [1.165, 1.54) is 0 Å². The van der Waals surface area contributed by atoms with Crippen molar-refractivity contribution in [2.75, 3.05) is 5.43 Å². The van der Waals surface area contributed by atoms with Crippen molar-refractivity contribution in [3.05, 3.63) is 29.3 Å². The summed E-state index contributed by atoms with van der Waals surface area (Å²) in [5, 5.41) is 0. The maximum Gasteiger partial charge on any atom is 0.150 e. The fourth-order valence-corrected chi connectivity index (χ4v) is 1.07. The molecule has 0 saturated carbocycles. The van der Waals surface area contributed by atoms with E-state index in [2.05, 4.69) is 5.43 Å². The Hall–Kier alpha value is -1.35. The van der Waals surface area contributed by atoms with Crippen LogP contribution in [0, 0.1) is 0 Å². The molecule has 12 heavy (non-hydrogen) atoms. The van der Waals surface area contributed by atoms with Gasteiger partial charge in [-0.2, -0.15) is 0 Å². The molecule has 3 nitrogen and oxygen atoms in total. The average molecular weight is 164 g/mol. The number of nitrogens with two attached hydrogens (primary N) is 1. The second kappa shape index (κ2) is 3.88. The van der Waals surface area contributed by atoms with Crippen molar-refractivity contribution in [2.45, 2.75) is 13.3 Å². The Labute approximate surface area is 71.5 Å². The van der Waals surface area contributed by atoms with Gasteiger partial charge in [-0.1, -0.05) is 6.92 Å². The summed E-state index contributed by atoms with van der Waals surface area (Å²) in [6.45, 7) is 2.03. The van der Waals surface area contributed by atoms with Crippen molar-refractivity contribution in [3.8, 4) is 0 Å². The number of hydrogen-bond donors (Lipinski definition) is 2. The number of rotatable bonds is 3. The van der Waals surface area contributed by atoms with Crippen molar-refractivity contribution in [1.82, 2.24) is 0 Å². The third-order valence-electron chi connectivity index (χ3n) is 1.73. The Morgan fingerprint density at radius 1 is 1.50 bits per heavy atom. The maximum atomic E-state index is 10.5. The van der Waals surface area contributed by atoms with Gasteiger partial charge < -0.3 is 5.43 Å². The summed E-state index contributed by atoms with van der Waals surface area (Å²) in [4.78, 5) is 10.5. The molecule has 0 bridgehead atoms. The Balaban J connectivity index is 3.09. The van der Waals surface area contributed by atoms with Gasteiger partial charge in [0.15, 0.2) is 0 Å². The van der Waals surface area contributed by atoms with Gasteiger partial charge in [0.25, 0.3) is 0 Å². The fraction of sp³-hybridized carbons (Fsp3) is 0.222. The second-order valence-corrected chi connectivity index (χ2v) is 2.58. The molecule has 0 aliphatic carbocycles. The van der Waals surface area contributed by atoms with E-state index in [0.717, 1.165) is 24.0 Å². The van der Waals surface area contributed by atoms with E-state index in [4.69, 9.17) is 5.84 Å². The molecule has 1 rings (SSSR count).